The van der Waals surface area contributed by atoms with Gasteiger partial charge in [-0.05, 0) is 60.7 Å². The monoisotopic (exact) mass is 469 g/mol. The molecule has 1 amide bonds. The second kappa shape index (κ2) is 8.96. The van der Waals surface area contributed by atoms with Gasteiger partial charge in [-0.15, -0.1) is 0 Å². The predicted octanol–water partition coefficient (Wildman–Crippen LogP) is 4.15. The highest BCUT2D eigenvalue weighted by Gasteiger charge is 2.17. The molecule has 0 spiro atoms. The third-order valence-corrected chi connectivity index (χ3v) is 6.58. The van der Waals surface area contributed by atoms with Crippen LogP contribution < -0.4 is 19.9 Å². The van der Waals surface area contributed by atoms with Crippen molar-refractivity contribution in [3.63, 3.8) is 0 Å². The first-order chi connectivity index (χ1) is 17.1. The fourth-order valence-corrected chi connectivity index (χ4v) is 4.57. The van der Waals surface area contributed by atoms with Crippen LogP contribution in [0.3, 0.4) is 0 Å². The number of fused-ring (bicyclic) bond motifs is 2. The Kier molecular flexibility index (Phi) is 5.50. The van der Waals surface area contributed by atoms with Crippen molar-refractivity contribution in [3.05, 3.63) is 66.2 Å². The first kappa shape index (κ1) is 21.5. The van der Waals surface area contributed by atoms with E-state index in [9.17, 15) is 4.79 Å². The summed E-state index contributed by atoms with van der Waals surface area (Å²) in [7, 11) is 2.07. The highest BCUT2D eigenvalue weighted by atomic mass is 16.5. The SMILES string of the molecule is CN1CCOc2cc(-c3nc4cc(NC(=O)c5ccc(N6CCOCC6)cc5)ccc4[nH]3)ccc21. The first-order valence-electron chi connectivity index (χ1n) is 11.9. The zero-order valence-electron chi connectivity index (χ0n) is 19.6. The first-order valence-corrected chi connectivity index (χ1v) is 11.9. The van der Waals surface area contributed by atoms with E-state index < -0.39 is 0 Å². The third-order valence-electron chi connectivity index (χ3n) is 6.58. The number of hydrogen-bond donors (Lipinski definition) is 2. The fraction of sp³-hybridized carbons (Fsp3) is 0.259. The molecule has 3 aromatic carbocycles. The van der Waals surface area contributed by atoms with Crippen molar-refractivity contribution in [2.45, 2.75) is 0 Å². The molecule has 2 N–H and O–H groups in total. The summed E-state index contributed by atoms with van der Waals surface area (Å²) in [5, 5.41) is 2.99. The van der Waals surface area contributed by atoms with Crippen LogP contribution in [-0.4, -0.2) is 62.4 Å². The molecule has 178 valence electrons. The lowest BCUT2D eigenvalue weighted by Gasteiger charge is -2.28. The van der Waals surface area contributed by atoms with Gasteiger partial charge in [0.05, 0.1) is 36.5 Å². The van der Waals surface area contributed by atoms with Gasteiger partial charge in [-0.25, -0.2) is 4.98 Å². The second-order valence-electron chi connectivity index (χ2n) is 8.87. The minimum absolute atomic E-state index is 0.149. The smallest absolute Gasteiger partial charge is 0.255 e. The number of anilines is 3. The van der Waals surface area contributed by atoms with Gasteiger partial charge in [0.1, 0.15) is 18.2 Å². The van der Waals surface area contributed by atoms with E-state index in [-0.39, 0.29) is 5.91 Å². The Morgan fingerprint density at radius 3 is 2.63 bits per heavy atom. The predicted molar refractivity (Wildman–Crippen MR) is 138 cm³/mol. The molecule has 0 radical (unpaired) electrons. The van der Waals surface area contributed by atoms with Crippen molar-refractivity contribution in [2.75, 3.05) is 61.6 Å². The van der Waals surface area contributed by atoms with Gasteiger partial charge in [0.25, 0.3) is 5.91 Å². The van der Waals surface area contributed by atoms with Crippen LogP contribution >= 0.6 is 0 Å². The van der Waals surface area contributed by atoms with Crippen LogP contribution in [0.1, 0.15) is 10.4 Å². The van der Waals surface area contributed by atoms with Gasteiger partial charge in [0.2, 0.25) is 0 Å². The fourth-order valence-electron chi connectivity index (χ4n) is 4.57. The molecule has 0 saturated carbocycles. The summed E-state index contributed by atoms with van der Waals surface area (Å²) in [6, 6.07) is 19.5. The number of carbonyl (C=O) groups is 1. The molecule has 0 aliphatic carbocycles. The van der Waals surface area contributed by atoms with Gasteiger partial charge in [-0.1, -0.05) is 0 Å². The van der Waals surface area contributed by atoms with E-state index in [1.165, 1.54) is 0 Å². The quantitative estimate of drug-likeness (QED) is 0.467. The Morgan fingerprint density at radius 1 is 0.971 bits per heavy atom. The number of H-pyrrole nitrogens is 1. The summed E-state index contributed by atoms with van der Waals surface area (Å²) in [4.78, 5) is 25.4. The average molecular weight is 470 g/mol. The van der Waals surface area contributed by atoms with E-state index >= 15 is 0 Å². The summed E-state index contributed by atoms with van der Waals surface area (Å²) in [5.74, 6) is 1.48. The number of nitrogens with zero attached hydrogens (tertiary/aromatic N) is 3. The Labute approximate surface area is 203 Å². The molecule has 0 unspecified atom stereocenters. The number of aromatic nitrogens is 2. The molecule has 2 aliphatic rings. The van der Waals surface area contributed by atoms with Crippen LogP contribution in [0.15, 0.2) is 60.7 Å². The van der Waals surface area contributed by atoms with Gasteiger partial charge in [0.15, 0.2) is 0 Å². The number of ether oxygens (including phenoxy) is 2. The van der Waals surface area contributed by atoms with E-state index in [0.29, 0.717) is 17.9 Å². The molecule has 3 heterocycles. The number of likely N-dealkylation sites (N-methyl/N-ethyl adjacent to an activating group) is 1. The maximum absolute atomic E-state index is 12.8. The van der Waals surface area contributed by atoms with E-state index in [2.05, 4.69) is 33.2 Å². The second-order valence-corrected chi connectivity index (χ2v) is 8.87. The molecule has 0 bridgehead atoms. The Bertz CT molecular complexity index is 1380. The lowest BCUT2D eigenvalue weighted by atomic mass is 10.1. The minimum atomic E-state index is -0.149. The van der Waals surface area contributed by atoms with Crippen LogP contribution in [0.5, 0.6) is 5.75 Å². The lowest BCUT2D eigenvalue weighted by Crippen LogP contribution is -2.36. The zero-order valence-corrected chi connectivity index (χ0v) is 19.6. The summed E-state index contributed by atoms with van der Waals surface area (Å²) >= 11 is 0. The van der Waals surface area contributed by atoms with Crippen molar-refractivity contribution in [1.29, 1.82) is 0 Å². The van der Waals surface area contributed by atoms with E-state index in [1.807, 2.05) is 54.6 Å². The third kappa shape index (κ3) is 4.28. The number of carbonyl (C=O) groups excluding carboxylic acids is 1. The number of aromatic amines is 1. The standard InChI is InChI=1S/C27H27N5O3/c1-31-10-15-35-25-16-19(4-9-24(25)31)26-29-22-8-5-20(17-23(22)30-26)28-27(33)18-2-6-21(7-3-18)32-11-13-34-14-12-32/h2-9,16-17H,10-15H2,1H3,(H,28,33)(H,29,30). The molecule has 35 heavy (non-hydrogen) atoms. The van der Waals surface area contributed by atoms with Crippen LogP contribution in [0.2, 0.25) is 0 Å². The minimum Gasteiger partial charge on any atom is -0.490 e. The van der Waals surface area contributed by atoms with Crippen LogP contribution in [0.25, 0.3) is 22.4 Å². The topological polar surface area (TPSA) is 82.7 Å². The number of imidazole rings is 1. The van der Waals surface area contributed by atoms with Crippen LogP contribution in [0.4, 0.5) is 17.1 Å². The molecule has 6 rings (SSSR count). The van der Waals surface area contributed by atoms with Gasteiger partial charge in [0, 0.05) is 42.6 Å². The Hall–Kier alpha value is -4.04. The summed E-state index contributed by atoms with van der Waals surface area (Å²) in [6.07, 6.45) is 0. The number of morpholine rings is 1. The number of rotatable bonds is 4. The molecule has 0 atom stereocenters. The molecule has 8 heteroatoms. The molecule has 1 aromatic heterocycles. The van der Waals surface area contributed by atoms with Gasteiger partial charge in [-0.2, -0.15) is 0 Å². The van der Waals surface area contributed by atoms with Crippen molar-refractivity contribution in [3.8, 4) is 17.1 Å². The van der Waals surface area contributed by atoms with Crippen molar-refractivity contribution in [1.82, 2.24) is 9.97 Å². The highest BCUT2D eigenvalue weighted by molar-refractivity contribution is 6.05. The Balaban J connectivity index is 1.19. The summed E-state index contributed by atoms with van der Waals surface area (Å²) < 4.78 is 11.2. The summed E-state index contributed by atoms with van der Waals surface area (Å²) in [6.45, 7) is 4.75. The molecule has 4 aromatic rings. The molecule has 1 saturated heterocycles. The molecular formula is C27H27N5O3. The zero-order chi connectivity index (χ0) is 23.8. The summed E-state index contributed by atoms with van der Waals surface area (Å²) in [5.41, 5.74) is 6.16. The van der Waals surface area contributed by atoms with Crippen molar-refractivity contribution in [2.24, 2.45) is 0 Å². The van der Waals surface area contributed by atoms with Gasteiger partial charge >= 0.3 is 0 Å². The van der Waals surface area contributed by atoms with Gasteiger partial charge in [-0.3, -0.25) is 4.79 Å². The number of nitrogens with one attached hydrogen (secondary N) is 2. The van der Waals surface area contributed by atoms with Crippen molar-refractivity contribution >= 4 is 34.0 Å². The Morgan fingerprint density at radius 2 is 1.80 bits per heavy atom. The van der Waals surface area contributed by atoms with E-state index in [4.69, 9.17) is 14.5 Å². The number of benzene rings is 3. The van der Waals surface area contributed by atoms with Crippen LogP contribution in [-0.2, 0) is 4.74 Å². The maximum atomic E-state index is 12.8. The molecule has 8 nitrogen and oxygen atoms in total. The molecular weight excluding hydrogens is 442 g/mol. The van der Waals surface area contributed by atoms with E-state index in [0.717, 1.165) is 72.4 Å². The molecule has 2 aliphatic heterocycles. The molecule has 1 fully saturated rings. The average Bonchev–Trinajstić information content (AvgIpc) is 3.33. The highest BCUT2D eigenvalue weighted by Crippen LogP contribution is 2.35. The normalized spacial score (nSPS) is 15.6. The lowest BCUT2D eigenvalue weighted by molar-refractivity contribution is 0.102. The van der Waals surface area contributed by atoms with Gasteiger partial charge < -0.3 is 29.6 Å². The van der Waals surface area contributed by atoms with E-state index in [1.54, 1.807) is 0 Å². The number of hydrogen-bond acceptors (Lipinski definition) is 6. The number of amides is 1. The largest absolute Gasteiger partial charge is 0.490 e. The van der Waals surface area contributed by atoms with Crippen LogP contribution in [0, 0.1) is 0 Å². The maximum Gasteiger partial charge on any atom is 0.255 e. The van der Waals surface area contributed by atoms with Crippen molar-refractivity contribution < 1.29 is 14.3 Å².